The van der Waals surface area contributed by atoms with E-state index in [1.54, 1.807) is 12.1 Å². The van der Waals surface area contributed by atoms with Crippen molar-refractivity contribution in [3.63, 3.8) is 0 Å². The van der Waals surface area contributed by atoms with Gasteiger partial charge >= 0.3 is 5.97 Å². The zero-order chi connectivity index (χ0) is 12.3. The highest BCUT2D eigenvalue weighted by atomic mass is 16.5. The maximum absolute atomic E-state index is 11.0. The number of carbonyl (C=O) groups excluding carboxylic acids is 1. The van der Waals surface area contributed by atoms with E-state index in [0.29, 0.717) is 6.29 Å². The van der Waals surface area contributed by atoms with Crippen molar-refractivity contribution < 1.29 is 19.4 Å². The van der Waals surface area contributed by atoms with E-state index in [9.17, 15) is 9.59 Å². The summed E-state index contributed by atoms with van der Waals surface area (Å²) in [6.07, 6.45) is 0.608. The second-order valence-corrected chi connectivity index (χ2v) is 3.77. The first-order valence-electron chi connectivity index (χ1n) is 4.91. The Morgan fingerprint density at radius 1 is 1.44 bits per heavy atom. The summed E-state index contributed by atoms with van der Waals surface area (Å²) in [5.74, 6) is -0.822. The summed E-state index contributed by atoms with van der Waals surface area (Å²) in [5, 5.41) is 9.03. The lowest BCUT2D eigenvalue weighted by Gasteiger charge is -2.12. The molecule has 4 heteroatoms. The molecular formula is C12H14O4. The fraction of sp³-hybridized carbons (Fsp3) is 0.333. The van der Waals surface area contributed by atoms with Crippen molar-refractivity contribution in [1.82, 2.24) is 0 Å². The highest BCUT2D eigenvalue weighted by Gasteiger charge is 2.17. The third-order valence-corrected chi connectivity index (χ3v) is 2.37. The summed E-state index contributed by atoms with van der Waals surface area (Å²) in [7, 11) is 1.35. The number of carbonyl (C=O) groups is 2. The molecule has 1 rings (SSSR count). The van der Waals surface area contributed by atoms with Crippen LogP contribution in [-0.4, -0.2) is 24.5 Å². The molecule has 1 aromatic rings. The van der Waals surface area contributed by atoms with Crippen LogP contribution in [0.3, 0.4) is 0 Å². The zero-order valence-electron chi connectivity index (χ0n) is 9.48. The Hall–Kier alpha value is -1.84. The van der Waals surface area contributed by atoms with Gasteiger partial charge in [-0.2, -0.15) is 0 Å². The molecule has 1 N–H and O–H groups in total. The molecule has 0 aliphatic rings. The van der Waals surface area contributed by atoms with Gasteiger partial charge in [0, 0.05) is 0 Å². The summed E-state index contributed by atoms with van der Waals surface area (Å²) in [6.45, 7) is 3.87. The number of aldehydes is 1. The highest BCUT2D eigenvalue weighted by molar-refractivity contribution is 5.95. The van der Waals surface area contributed by atoms with Crippen molar-refractivity contribution in [2.24, 2.45) is 0 Å². The van der Waals surface area contributed by atoms with Crippen molar-refractivity contribution in [2.75, 3.05) is 7.11 Å². The number of benzene rings is 1. The predicted molar refractivity (Wildman–Crippen MR) is 59.4 cm³/mol. The van der Waals surface area contributed by atoms with Gasteiger partial charge in [0.05, 0.1) is 12.7 Å². The maximum atomic E-state index is 11.0. The molecule has 0 radical (unpaired) electrons. The van der Waals surface area contributed by atoms with Crippen molar-refractivity contribution in [3.8, 4) is 5.75 Å². The number of hydrogen-bond acceptors (Lipinski definition) is 3. The highest BCUT2D eigenvalue weighted by Crippen LogP contribution is 2.28. The number of hydrogen-bond donors (Lipinski definition) is 1. The molecule has 0 unspecified atom stereocenters. The Morgan fingerprint density at radius 3 is 2.44 bits per heavy atom. The third-order valence-electron chi connectivity index (χ3n) is 2.37. The van der Waals surface area contributed by atoms with Crippen LogP contribution in [0.4, 0.5) is 0 Å². The van der Waals surface area contributed by atoms with E-state index >= 15 is 0 Å². The molecule has 0 saturated carbocycles. The SMILES string of the molecule is COc1c(C=O)cc(C(C)C)cc1C(=O)O. The first kappa shape index (κ1) is 12.2. The monoisotopic (exact) mass is 222 g/mol. The smallest absolute Gasteiger partial charge is 0.339 e. The summed E-state index contributed by atoms with van der Waals surface area (Å²) >= 11 is 0. The Morgan fingerprint density at radius 2 is 2.06 bits per heavy atom. The van der Waals surface area contributed by atoms with Crippen LogP contribution in [0.5, 0.6) is 5.75 Å². The van der Waals surface area contributed by atoms with E-state index < -0.39 is 5.97 Å². The van der Waals surface area contributed by atoms with E-state index in [0.717, 1.165) is 5.56 Å². The lowest BCUT2D eigenvalue weighted by atomic mass is 9.97. The molecule has 0 aliphatic carbocycles. The van der Waals surface area contributed by atoms with E-state index in [4.69, 9.17) is 9.84 Å². The summed E-state index contributed by atoms with van der Waals surface area (Å²) in [4.78, 5) is 21.9. The molecule has 0 bridgehead atoms. The second-order valence-electron chi connectivity index (χ2n) is 3.77. The topological polar surface area (TPSA) is 63.6 Å². The van der Waals surface area contributed by atoms with Crippen molar-refractivity contribution in [2.45, 2.75) is 19.8 Å². The Kier molecular flexibility index (Phi) is 3.66. The number of ether oxygens (including phenoxy) is 1. The molecule has 0 saturated heterocycles. The van der Waals surface area contributed by atoms with Gasteiger partial charge in [-0.25, -0.2) is 4.79 Å². The van der Waals surface area contributed by atoms with Gasteiger partial charge in [-0.15, -0.1) is 0 Å². The maximum Gasteiger partial charge on any atom is 0.339 e. The molecule has 0 atom stereocenters. The average molecular weight is 222 g/mol. The number of carboxylic acid groups (broad SMARTS) is 1. The largest absolute Gasteiger partial charge is 0.495 e. The van der Waals surface area contributed by atoms with Gasteiger partial charge in [0.2, 0.25) is 0 Å². The molecule has 86 valence electrons. The number of methoxy groups -OCH3 is 1. The molecule has 0 fully saturated rings. The fourth-order valence-corrected chi connectivity index (χ4v) is 1.48. The van der Waals surface area contributed by atoms with Crippen molar-refractivity contribution in [1.29, 1.82) is 0 Å². The van der Waals surface area contributed by atoms with Crippen LogP contribution < -0.4 is 4.74 Å². The number of aromatic carboxylic acids is 1. The van der Waals surface area contributed by atoms with Crippen molar-refractivity contribution in [3.05, 3.63) is 28.8 Å². The number of carboxylic acids is 1. The quantitative estimate of drug-likeness (QED) is 0.794. The molecule has 0 spiro atoms. The van der Waals surface area contributed by atoms with Gasteiger partial charge in [0.15, 0.2) is 6.29 Å². The molecular weight excluding hydrogens is 208 g/mol. The Labute approximate surface area is 93.9 Å². The van der Waals surface area contributed by atoms with Crippen LogP contribution >= 0.6 is 0 Å². The average Bonchev–Trinajstić information content (AvgIpc) is 2.26. The van der Waals surface area contributed by atoms with E-state index in [1.807, 2.05) is 13.8 Å². The van der Waals surface area contributed by atoms with E-state index in [1.165, 1.54) is 7.11 Å². The van der Waals surface area contributed by atoms with Gasteiger partial charge < -0.3 is 9.84 Å². The third kappa shape index (κ3) is 2.21. The lowest BCUT2D eigenvalue weighted by Crippen LogP contribution is -2.05. The van der Waals surface area contributed by atoms with Crippen LogP contribution in [-0.2, 0) is 0 Å². The minimum atomic E-state index is -1.09. The van der Waals surface area contributed by atoms with E-state index in [-0.39, 0.29) is 22.8 Å². The van der Waals surface area contributed by atoms with Crippen LogP contribution in [0.2, 0.25) is 0 Å². The number of rotatable bonds is 4. The van der Waals surface area contributed by atoms with Gasteiger partial charge in [-0.3, -0.25) is 4.79 Å². The summed E-state index contributed by atoms with van der Waals surface area (Å²) in [5.41, 5.74) is 1.10. The minimum absolute atomic E-state index is 0.0239. The normalized spacial score (nSPS) is 10.2. The van der Waals surface area contributed by atoms with Crippen molar-refractivity contribution >= 4 is 12.3 Å². The van der Waals surface area contributed by atoms with Crippen LogP contribution in [0, 0.1) is 0 Å². The molecule has 16 heavy (non-hydrogen) atoms. The van der Waals surface area contributed by atoms with Crippen LogP contribution in [0.15, 0.2) is 12.1 Å². The summed E-state index contributed by atoms with van der Waals surface area (Å²) < 4.78 is 4.95. The van der Waals surface area contributed by atoms with Gasteiger partial charge in [-0.1, -0.05) is 13.8 Å². The predicted octanol–water partition coefficient (Wildman–Crippen LogP) is 2.33. The van der Waals surface area contributed by atoms with Gasteiger partial charge in [-0.05, 0) is 23.6 Å². The second kappa shape index (κ2) is 4.79. The molecule has 4 nitrogen and oxygen atoms in total. The first-order valence-corrected chi connectivity index (χ1v) is 4.91. The molecule has 0 aliphatic heterocycles. The molecule has 1 aromatic carbocycles. The Balaban J connectivity index is 3.49. The molecule has 0 heterocycles. The van der Waals surface area contributed by atoms with Crippen LogP contribution in [0.25, 0.3) is 0 Å². The first-order chi connectivity index (χ1) is 7.51. The molecule has 0 aromatic heterocycles. The standard InChI is InChI=1S/C12H14O4/c1-7(2)8-4-9(6-13)11(16-3)10(5-8)12(14)15/h4-7H,1-3H3,(H,14,15). The Bertz CT molecular complexity index is 421. The van der Waals surface area contributed by atoms with Gasteiger partial charge in [0.1, 0.15) is 11.3 Å². The fourth-order valence-electron chi connectivity index (χ4n) is 1.48. The van der Waals surface area contributed by atoms with Gasteiger partial charge in [0.25, 0.3) is 0 Å². The van der Waals surface area contributed by atoms with E-state index in [2.05, 4.69) is 0 Å². The molecule has 0 amide bonds. The van der Waals surface area contributed by atoms with Crippen LogP contribution in [0.1, 0.15) is 46.0 Å². The summed E-state index contributed by atoms with van der Waals surface area (Å²) in [6, 6.07) is 3.20. The minimum Gasteiger partial charge on any atom is -0.495 e. The zero-order valence-corrected chi connectivity index (χ0v) is 9.48. The lowest BCUT2D eigenvalue weighted by molar-refractivity contribution is 0.0693.